The second kappa shape index (κ2) is 9.31. The van der Waals surface area contributed by atoms with E-state index in [0.717, 1.165) is 69.0 Å². The highest BCUT2D eigenvalue weighted by Crippen LogP contribution is 2.37. The molecule has 2 aromatic heterocycles. The Labute approximate surface area is 185 Å². The molecule has 4 rings (SSSR count). The molecule has 0 bridgehead atoms. The fraction of sp³-hybridized carbons (Fsp3) is 0.368. The lowest BCUT2D eigenvalue weighted by atomic mass is 10.00. The molecule has 0 radical (unpaired) electrons. The predicted octanol–water partition coefficient (Wildman–Crippen LogP) is 5.22. The van der Waals surface area contributed by atoms with Gasteiger partial charge >= 0.3 is 0 Å². The molecular weight excluding hydrogens is 435 g/mol. The van der Waals surface area contributed by atoms with Gasteiger partial charge in [0, 0.05) is 31.0 Å². The first-order chi connectivity index (χ1) is 12.6. The standard InChI is InChI=1S/C19H22N4OS2.2ClH/c1-3-22(4-2)19-21-17-15(26-19)11-16(25-17)18(24)23-10-6-7-12-13(20)8-5-9-14(12)23;;/h5,8-9,11H,3-4,6-7,10,20H2,1-2H3;2*1H. The normalized spacial score (nSPS) is 12.9. The number of hydrogen-bond acceptors (Lipinski definition) is 6. The van der Waals surface area contributed by atoms with Gasteiger partial charge in [0.25, 0.3) is 5.91 Å². The molecule has 3 aromatic rings. The number of carbonyl (C=O) groups is 1. The van der Waals surface area contributed by atoms with E-state index in [9.17, 15) is 4.79 Å². The van der Waals surface area contributed by atoms with Crippen molar-refractivity contribution in [1.29, 1.82) is 0 Å². The van der Waals surface area contributed by atoms with Crippen LogP contribution < -0.4 is 15.5 Å². The molecule has 152 valence electrons. The molecule has 1 aliphatic heterocycles. The van der Waals surface area contributed by atoms with E-state index in [1.807, 2.05) is 29.2 Å². The molecule has 1 amide bonds. The van der Waals surface area contributed by atoms with Gasteiger partial charge in [0.2, 0.25) is 0 Å². The molecule has 2 N–H and O–H groups in total. The molecule has 0 saturated carbocycles. The summed E-state index contributed by atoms with van der Waals surface area (Å²) in [5.41, 5.74) is 8.93. The number of hydrogen-bond donors (Lipinski definition) is 1. The number of nitrogens with zero attached hydrogens (tertiary/aromatic N) is 3. The van der Waals surface area contributed by atoms with Crippen LogP contribution in [0, 0.1) is 0 Å². The van der Waals surface area contributed by atoms with E-state index < -0.39 is 0 Å². The average Bonchev–Trinajstić information content (AvgIpc) is 3.21. The van der Waals surface area contributed by atoms with Crippen LogP contribution in [-0.4, -0.2) is 30.5 Å². The summed E-state index contributed by atoms with van der Waals surface area (Å²) in [6.07, 6.45) is 1.87. The maximum absolute atomic E-state index is 13.1. The van der Waals surface area contributed by atoms with Crippen molar-refractivity contribution >= 4 is 79.4 Å². The molecule has 0 unspecified atom stereocenters. The highest BCUT2D eigenvalue weighted by molar-refractivity contribution is 7.29. The Hall–Kier alpha value is -1.54. The van der Waals surface area contributed by atoms with E-state index in [1.165, 1.54) is 11.3 Å². The van der Waals surface area contributed by atoms with Gasteiger partial charge < -0.3 is 15.5 Å². The molecule has 9 heteroatoms. The van der Waals surface area contributed by atoms with Crippen molar-refractivity contribution in [2.45, 2.75) is 26.7 Å². The molecule has 1 aromatic carbocycles. The SMILES string of the molecule is CCN(CC)c1nc2sc(C(=O)N3CCCc4c(N)cccc43)cc2s1.Cl.Cl. The zero-order valence-electron chi connectivity index (χ0n) is 15.8. The Morgan fingerprint density at radius 3 is 2.68 bits per heavy atom. The van der Waals surface area contributed by atoms with Crippen molar-refractivity contribution in [3.05, 3.63) is 34.7 Å². The van der Waals surface area contributed by atoms with Crippen LogP contribution in [0.15, 0.2) is 24.3 Å². The lowest BCUT2D eigenvalue weighted by Gasteiger charge is -2.29. The Morgan fingerprint density at radius 2 is 2.00 bits per heavy atom. The molecule has 1 aliphatic rings. The average molecular weight is 459 g/mol. The number of thiazole rings is 1. The van der Waals surface area contributed by atoms with E-state index in [-0.39, 0.29) is 30.7 Å². The van der Waals surface area contributed by atoms with Crippen LogP contribution in [-0.2, 0) is 6.42 Å². The van der Waals surface area contributed by atoms with Crippen molar-refractivity contribution in [2.75, 3.05) is 35.2 Å². The van der Waals surface area contributed by atoms with Gasteiger partial charge in [-0.3, -0.25) is 4.79 Å². The lowest BCUT2D eigenvalue weighted by Crippen LogP contribution is -2.35. The summed E-state index contributed by atoms with van der Waals surface area (Å²) < 4.78 is 1.09. The lowest BCUT2D eigenvalue weighted by molar-refractivity contribution is 0.0989. The summed E-state index contributed by atoms with van der Waals surface area (Å²) in [5.74, 6) is 0.0520. The number of aromatic nitrogens is 1. The van der Waals surface area contributed by atoms with Crippen LogP contribution in [0.4, 0.5) is 16.5 Å². The summed E-state index contributed by atoms with van der Waals surface area (Å²) in [7, 11) is 0. The third kappa shape index (κ3) is 3.94. The minimum Gasteiger partial charge on any atom is -0.398 e. The summed E-state index contributed by atoms with van der Waals surface area (Å²) in [4.78, 5) is 23.7. The van der Waals surface area contributed by atoms with E-state index >= 15 is 0 Å². The third-order valence-electron chi connectivity index (χ3n) is 4.85. The zero-order valence-corrected chi connectivity index (χ0v) is 19.1. The Bertz CT molecular complexity index is 937. The summed E-state index contributed by atoms with van der Waals surface area (Å²) in [5, 5.41) is 1.03. The number of rotatable bonds is 4. The van der Waals surface area contributed by atoms with Gasteiger partial charge in [-0.1, -0.05) is 17.4 Å². The van der Waals surface area contributed by atoms with Crippen LogP contribution in [0.2, 0.25) is 0 Å². The number of amides is 1. The van der Waals surface area contributed by atoms with Crippen LogP contribution in [0.3, 0.4) is 0 Å². The van der Waals surface area contributed by atoms with Crippen molar-refractivity contribution in [2.24, 2.45) is 0 Å². The number of halogens is 2. The fourth-order valence-electron chi connectivity index (χ4n) is 3.45. The Balaban J connectivity index is 0.00000140. The fourth-order valence-corrected chi connectivity index (χ4v) is 5.74. The number of anilines is 3. The van der Waals surface area contributed by atoms with Gasteiger partial charge in [-0.05, 0) is 50.5 Å². The molecule has 3 heterocycles. The molecular formula is C19H24Cl2N4OS2. The quantitative estimate of drug-likeness (QED) is 0.544. The van der Waals surface area contributed by atoms with Gasteiger partial charge in [0.15, 0.2) is 5.13 Å². The van der Waals surface area contributed by atoms with Crippen LogP contribution in [0.1, 0.15) is 35.5 Å². The van der Waals surface area contributed by atoms with Crippen LogP contribution >= 0.6 is 47.5 Å². The first kappa shape index (κ1) is 22.7. The molecule has 0 spiro atoms. The van der Waals surface area contributed by atoms with Crippen molar-refractivity contribution in [1.82, 2.24) is 4.98 Å². The zero-order chi connectivity index (χ0) is 18.3. The van der Waals surface area contributed by atoms with Gasteiger partial charge in [-0.15, -0.1) is 36.2 Å². The van der Waals surface area contributed by atoms with Crippen LogP contribution in [0.5, 0.6) is 0 Å². The largest absolute Gasteiger partial charge is 0.398 e. The molecule has 0 aliphatic carbocycles. The van der Waals surface area contributed by atoms with Gasteiger partial charge in [-0.2, -0.15) is 0 Å². The molecule has 0 atom stereocenters. The minimum atomic E-state index is 0. The number of nitrogens with two attached hydrogens (primary N) is 1. The van der Waals surface area contributed by atoms with E-state index in [0.29, 0.717) is 0 Å². The van der Waals surface area contributed by atoms with Crippen molar-refractivity contribution < 1.29 is 4.79 Å². The maximum Gasteiger partial charge on any atom is 0.268 e. The first-order valence-corrected chi connectivity index (χ1v) is 10.6. The van der Waals surface area contributed by atoms with E-state index in [4.69, 9.17) is 10.7 Å². The van der Waals surface area contributed by atoms with Crippen molar-refractivity contribution in [3.63, 3.8) is 0 Å². The van der Waals surface area contributed by atoms with Gasteiger partial charge in [0.05, 0.1) is 9.58 Å². The van der Waals surface area contributed by atoms with Gasteiger partial charge in [-0.25, -0.2) is 4.98 Å². The number of benzene rings is 1. The Kier molecular flexibility index (Phi) is 7.56. The highest BCUT2D eigenvalue weighted by Gasteiger charge is 2.26. The minimum absolute atomic E-state index is 0. The Morgan fingerprint density at radius 1 is 1.25 bits per heavy atom. The number of nitrogen functional groups attached to an aromatic ring is 1. The van der Waals surface area contributed by atoms with E-state index in [2.05, 4.69) is 18.7 Å². The van der Waals surface area contributed by atoms with Crippen molar-refractivity contribution in [3.8, 4) is 0 Å². The summed E-state index contributed by atoms with van der Waals surface area (Å²) in [6.45, 7) is 6.88. The molecule has 5 nitrogen and oxygen atoms in total. The van der Waals surface area contributed by atoms with E-state index in [1.54, 1.807) is 11.3 Å². The number of fused-ring (bicyclic) bond motifs is 2. The highest BCUT2D eigenvalue weighted by atomic mass is 35.5. The topological polar surface area (TPSA) is 62.5 Å². The number of carbonyl (C=O) groups excluding carboxylic acids is 1. The monoisotopic (exact) mass is 458 g/mol. The van der Waals surface area contributed by atoms with Gasteiger partial charge in [0.1, 0.15) is 4.83 Å². The second-order valence-electron chi connectivity index (χ2n) is 6.35. The summed E-state index contributed by atoms with van der Waals surface area (Å²) >= 11 is 3.15. The predicted molar refractivity (Wildman–Crippen MR) is 126 cm³/mol. The smallest absolute Gasteiger partial charge is 0.268 e. The maximum atomic E-state index is 13.1. The molecule has 28 heavy (non-hydrogen) atoms. The first-order valence-electron chi connectivity index (χ1n) is 8.97. The number of thiophene rings is 1. The third-order valence-corrected chi connectivity index (χ3v) is 7.06. The molecule has 0 fully saturated rings. The summed E-state index contributed by atoms with van der Waals surface area (Å²) in [6, 6.07) is 7.82. The van der Waals surface area contributed by atoms with Crippen LogP contribution in [0.25, 0.3) is 9.53 Å². The molecule has 0 saturated heterocycles. The second-order valence-corrected chi connectivity index (χ2v) is 8.39.